The summed E-state index contributed by atoms with van der Waals surface area (Å²) in [6, 6.07) is 0. The van der Waals surface area contributed by atoms with Crippen molar-refractivity contribution in [3.8, 4) is 0 Å². The predicted octanol–water partition coefficient (Wildman–Crippen LogP) is 8.32. The normalized spacial score (nSPS) is 41.6. The first-order chi connectivity index (χ1) is 18.1. The summed E-state index contributed by atoms with van der Waals surface area (Å²) in [6.07, 6.45) is 15.5. The molecule has 0 amide bonds. The lowest BCUT2D eigenvalue weighted by Gasteiger charge is -2.31. The van der Waals surface area contributed by atoms with E-state index in [9.17, 15) is 14.4 Å². The lowest BCUT2D eigenvalue weighted by atomic mass is 9.72. The Kier molecular flexibility index (Phi) is 8.60. The van der Waals surface area contributed by atoms with E-state index in [1.807, 2.05) is 0 Å². The number of Topliss-reactive ketones (excluding diaryl/α,β-unsaturated/α-hetero) is 1. The minimum atomic E-state index is -0.187. The van der Waals surface area contributed by atoms with E-state index in [1.165, 1.54) is 77.2 Å². The summed E-state index contributed by atoms with van der Waals surface area (Å²) >= 11 is 0. The molecule has 218 valence electrons. The zero-order valence-electron chi connectivity index (χ0n) is 25.8. The van der Waals surface area contributed by atoms with Crippen LogP contribution in [-0.4, -0.2) is 17.7 Å². The number of allylic oxidation sites excluding steroid dienone is 4. The van der Waals surface area contributed by atoms with Gasteiger partial charge in [-0.05, 0) is 110 Å². The van der Waals surface area contributed by atoms with Crippen molar-refractivity contribution in [1.82, 2.24) is 0 Å². The van der Waals surface area contributed by atoms with Crippen molar-refractivity contribution in [3.05, 3.63) is 23.2 Å². The average molecular weight is 541 g/mol. The van der Waals surface area contributed by atoms with Crippen LogP contribution in [0, 0.1) is 45.8 Å². The van der Waals surface area contributed by atoms with Crippen LogP contribution in [0.25, 0.3) is 0 Å². The molecule has 0 aromatic carbocycles. The number of carbonyl (C=O) groups excluding carboxylic acids is 3. The topological polar surface area (TPSA) is 69.7 Å². The number of rotatable bonds is 2. The number of ether oxygens (including phenoxy) is 2. The Morgan fingerprint density at radius 1 is 0.795 bits per heavy atom. The zero-order valence-corrected chi connectivity index (χ0v) is 25.8. The molecule has 4 fully saturated rings. The van der Waals surface area contributed by atoms with E-state index in [0.29, 0.717) is 39.8 Å². The molecule has 0 spiro atoms. The van der Waals surface area contributed by atoms with Gasteiger partial charge in [-0.2, -0.15) is 0 Å². The summed E-state index contributed by atoms with van der Waals surface area (Å²) in [7, 11) is 0. The van der Waals surface area contributed by atoms with Crippen molar-refractivity contribution < 1.29 is 23.9 Å². The van der Waals surface area contributed by atoms with Crippen LogP contribution < -0.4 is 0 Å². The predicted molar refractivity (Wildman–Crippen MR) is 153 cm³/mol. The molecule has 0 aliphatic heterocycles. The van der Waals surface area contributed by atoms with Gasteiger partial charge in [0.25, 0.3) is 0 Å². The van der Waals surface area contributed by atoms with Crippen molar-refractivity contribution in [2.24, 2.45) is 45.8 Å². The highest BCUT2D eigenvalue weighted by Gasteiger charge is 2.46. The molecule has 6 rings (SSSR count). The van der Waals surface area contributed by atoms with Crippen LogP contribution in [0.1, 0.15) is 126 Å². The monoisotopic (exact) mass is 540 g/mol. The molecule has 0 radical (unpaired) electrons. The smallest absolute Gasteiger partial charge is 0.307 e. The zero-order chi connectivity index (χ0) is 28.8. The fourth-order valence-electron chi connectivity index (χ4n) is 8.57. The van der Waals surface area contributed by atoms with E-state index in [4.69, 9.17) is 9.47 Å². The summed E-state index contributed by atoms with van der Waals surface area (Å²) < 4.78 is 10.6. The summed E-state index contributed by atoms with van der Waals surface area (Å²) in [5.74, 6) is 4.92. The van der Waals surface area contributed by atoms with E-state index in [-0.39, 0.29) is 11.9 Å². The molecule has 0 saturated heterocycles. The second-order valence-corrected chi connectivity index (χ2v) is 15.0. The van der Waals surface area contributed by atoms with Crippen molar-refractivity contribution in [3.63, 3.8) is 0 Å². The largest absolute Gasteiger partial charge is 0.431 e. The fraction of sp³-hybridized carbons (Fsp3) is 0.794. The maximum absolute atomic E-state index is 11.5. The first-order valence-corrected chi connectivity index (χ1v) is 15.4. The van der Waals surface area contributed by atoms with Crippen LogP contribution in [0.2, 0.25) is 0 Å². The van der Waals surface area contributed by atoms with E-state index >= 15 is 0 Å². The van der Waals surface area contributed by atoms with Crippen molar-refractivity contribution in [2.45, 2.75) is 126 Å². The highest BCUT2D eigenvalue weighted by atomic mass is 16.5. The maximum Gasteiger partial charge on any atom is 0.307 e. The minimum absolute atomic E-state index is 0.177. The van der Waals surface area contributed by atoms with Gasteiger partial charge in [0.1, 0.15) is 17.3 Å². The number of fused-ring (bicyclic) bond motifs is 6. The van der Waals surface area contributed by atoms with Crippen molar-refractivity contribution in [2.75, 3.05) is 0 Å². The van der Waals surface area contributed by atoms with Crippen LogP contribution in [0.3, 0.4) is 0 Å². The SMILES string of the molecule is CC(=O)OC1=C(C)C2CCC(C)(C1)C2.CC(=O)OC1=CC2(C)CCC(C2)C1C.CC1C(=O)CC2(C)CCC1C2. The molecule has 0 aromatic rings. The van der Waals surface area contributed by atoms with E-state index in [2.05, 4.69) is 47.6 Å². The molecule has 5 heteroatoms. The molecule has 0 heterocycles. The van der Waals surface area contributed by atoms with Gasteiger partial charge in [0.15, 0.2) is 0 Å². The molecule has 8 atom stereocenters. The highest BCUT2D eigenvalue weighted by Crippen LogP contribution is 2.54. The Balaban J connectivity index is 0.000000137. The van der Waals surface area contributed by atoms with Gasteiger partial charge in [-0.1, -0.05) is 34.6 Å². The molecule has 5 nitrogen and oxygen atoms in total. The van der Waals surface area contributed by atoms with Gasteiger partial charge in [0, 0.05) is 38.5 Å². The van der Waals surface area contributed by atoms with Gasteiger partial charge in [-0.25, -0.2) is 0 Å². The number of esters is 2. The summed E-state index contributed by atoms with van der Waals surface area (Å²) in [4.78, 5) is 33.3. The van der Waals surface area contributed by atoms with E-state index < -0.39 is 0 Å². The Labute approximate surface area is 236 Å². The van der Waals surface area contributed by atoms with Crippen molar-refractivity contribution in [1.29, 1.82) is 0 Å². The number of hydrogen-bond acceptors (Lipinski definition) is 5. The fourth-order valence-corrected chi connectivity index (χ4v) is 8.57. The van der Waals surface area contributed by atoms with Gasteiger partial charge in [0.2, 0.25) is 0 Å². The average Bonchev–Trinajstić information content (AvgIpc) is 3.47. The van der Waals surface area contributed by atoms with Gasteiger partial charge in [-0.15, -0.1) is 0 Å². The first-order valence-electron chi connectivity index (χ1n) is 15.4. The molecular formula is C34H52O5. The molecular weight excluding hydrogens is 488 g/mol. The lowest BCUT2D eigenvalue weighted by molar-refractivity contribution is -0.139. The Hall–Kier alpha value is -1.91. The third-order valence-electron chi connectivity index (χ3n) is 11.2. The van der Waals surface area contributed by atoms with E-state index in [0.717, 1.165) is 36.2 Å². The quantitative estimate of drug-likeness (QED) is 0.329. The third-order valence-corrected chi connectivity index (χ3v) is 11.2. The van der Waals surface area contributed by atoms with Crippen molar-refractivity contribution >= 4 is 17.7 Å². The third kappa shape index (κ3) is 6.88. The first kappa shape index (κ1) is 30.1. The van der Waals surface area contributed by atoms with Gasteiger partial charge < -0.3 is 9.47 Å². The molecule has 0 aromatic heterocycles. The molecule has 4 saturated carbocycles. The van der Waals surface area contributed by atoms with Crippen LogP contribution >= 0.6 is 0 Å². The number of hydrogen-bond donors (Lipinski definition) is 0. The molecule has 6 aliphatic rings. The summed E-state index contributed by atoms with van der Waals surface area (Å²) in [5.41, 5.74) is 2.40. The second-order valence-electron chi connectivity index (χ2n) is 15.0. The van der Waals surface area contributed by atoms with Crippen LogP contribution in [0.4, 0.5) is 0 Å². The Bertz CT molecular complexity index is 1050. The van der Waals surface area contributed by atoms with Gasteiger partial charge >= 0.3 is 11.9 Å². The van der Waals surface area contributed by atoms with E-state index in [1.54, 1.807) is 0 Å². The standard InChI is InChI=1S/2C12H18O2.C10H16O/c2*1-8-10-4-5-12(3,6-10)7-11(8)14-9(2)13;1-7-8-3-4-10(2,5-8)6-9(7)11/h10H,4-7H2,1-3H3;7-8,10H,4-6H2,1-3H3;7-8H,3-6H2,1-2H3. The summed E-state index contributed by atoms with van der Waals surface area (Å²) in [6.45, 7) is 16.2. The maximum atomic E-state index is 11.5. The van der Waals surface area contributed by atoms with Crippen LogP contribution in [0.15, 0.2) is 23.2 Å². The van der Waals surface area contributed by atoms with Crippen LogP contribution in [-0.2, 0) is 23.9 Å². The van der Waals surface area contributed by atoms with Gasteiger partial charge in [-0.3, -0.25) is 14.4 Å². The molecule has 6 aliphatic carbocycles. The highest BCUT2D eigenvalue weighted by molar-refractivity contribution is 5.82. The summed E-state index contributed by atoms with van der Waals surface area (Å²) in [5, 5.41) is 0. The molecule has 39 heavy (non-hydrogen) atoms. The second kappa shape index (κ2) is 11.2. The lowest BCUT2D eigenvalue weighted by Crippen LogP contribution is -2.30. The van der Waals surface area contributed by atoms with Crippen LogP contribution in [0.5, 0.6) is 0 Å². The Morgan fingerprint density at radius 3 is 2.05 bits per heavy atom. The van der Waals surface area contributed by atoms with Gasteiger partial charge in [0.05, 0.1) is 0 Å². The minimum Gasteiger partial charge on any atom is -0.431 e. The molecule has 0 N–H and O–H groups in total. The Morgan fingerprint density at radius 2 is 1.38 bits per heavy atom. The number of carbonyl (C=O) groups is 3. The molecule has 6 bridgehead atoms. The number of ketones is 1. The molecule has 8 unspecified atom stereocenters.